The number of carbonyl (C=O) groups is 2. The molecule has 0 saturated carbocycles. The number of rotatable bonds is 4. The molecular weight excluding hydrogens is 384 g/mol. The highest BCUT2D eigenvalue weighted by atomic mass is 16.5. The summed E-state index contributed by atoms with van der Waals surface area (Å²) >= 11 is 0. The standard InChI is InChI=1S/C22H24N4O4/c1-13(30-15-9-7-8-14(12-15)22(2,3)4)19(27)24-26-21(29)18-16-10-5-6-11-17(16)20(28)25-23-18/h5-13H,1-4H3,(H,24,27)(H,25,28)(H,26,29). The second-order valence-corrected chi connectivity index (χ2v) is 7.93. The molecule has 3 N–H and O–H groups in total. The number of fused-ring (bicyclic) bond motifs is 1. The van der Waals surface area contributed by atoms with Gasteiger partial charge in [-0.3, -0.25) is 25.2 Å². The second kappa shape index (κ2) is 8.36. The predicted octanol–water partition coefficient (Wildman–Crippen LogP) is 2.45. The number of amides is 2. The molecule has 1 heterocycles. The number of H-pyrrole nitrogens is 1. The van der Waals surface area contributed by atoms with Crippen molar-refractivity contribution in [1.29, 1.82) is 0 Å². The number of nitrogens with one attached hydrogen (secondary N) is 3. The van der Waals surface area contributed by atoms with Crippen molar-refractivity contribution >= 4 is 22.6 Å². The number of nitrogens with zero attached hydrogens (tertiary/aromatic N) is 1. The van der Waals surface area contributed by atoms with Crippen molar-refractivity contribution in [2.75, 3.05) is 0 Å². The molecular formula is C22H24N4O4. The molecule has 0 bridgehead atoms. The number of benzene rings is 2. The van der Waals surface area contributed by atoms with Crippen LogP contribution in [0.4, 0.5) is 0 Å². The summed E-state index contributed by atoms with van der Waals surface area (Å²) in [4.78, 5) is 36.6. The van der Waals surface area contributed by atoms with Gasteiger partial charge >= 0.3 is 0 Å². The Morgan fingerprint density at radius 3 is 2.43 bits per heavy atom. The van der Waals surface area contributed by atoms with E-state index in [1.54, 1.807) is 37.3 Å². The van der Waals surface area contributed by atoms with Gasteiger partial charge in [-0.2, -0.15) is 5.10 Å². The average Bonchev–Trinajstić information content (AvgIpc) is 2.71. The predicted molar refractivity (Wildman–Crippen MR) is 113 cm³/mol. The molecule has 0 saturated heterocycles. The van der Waals surface area contributed by atoms with E-state index in [0.29, 0.717) is 16.5 Å². The molecule has 3 aromatic rings. The van der Waals surface area contributed by atoms with Gasteiger partial charge in [-0.25, -0.2) is 5.10 Å². The van der Waals surface area contributed by atoms with Gasteiger partial charge in [0, 0.05) is 5.39 Å². The Bertz CT molecular complexity index is 1150. The summed E-state index contributed by atoms with van der Waals surface area (Å²) in [5.41, 5.74) is 5.27. The van der Waals surface area contributed by atoms with E-state index < -0.39 is 23.5 Å². The van der Waals surface area contributed by atoms with Gasteiger partial charge in [0.25, 0.3) is 17.4 Å². The first-order chi connectivity index (χ1) is 14.2. The van der Waals surface area contributed by atoms with Crippen molar-refractivity contribution in [3.05, 3.63) is 70.1 Å². The van der Waals surface area contributed by atoms with E-state index in [9.17, 15) is 14.4 Å². The van der Waals surface area contributed by atoms with Crippen molar-refractivity contribution in [1.82, 2.24) is 21.0 Å². The fourth-order valence-corrected chi connectivity index (χ4v) is 2.86. The molecule has 0 aliphatic rings. The van der Waals surface area contributed by atoms with Crippen molar-refractivity contribution < 1.29 is 14.3 Å². The van der Waals surface area contributed by atoms with Crippen LogP contribution in [0.2, 0.25) is 0 Å². The van der Waals surface area contributed by atoms with E-state index in [1.165, 1.54) is 0 Å². The van der Waals surface area contributed by atoms with Gasteiger partial charge in [-0.05, 0) is 36.1 Å². The highest BCUT2D eigenvalue weighted by Gasteiger charge is 2.19. The molecule has 0 spiro atoms. The second-order valence-electron chi connectivity index (χ2n) is 7.93. The van der Waals surface area contributed by atoms with Crippen LogP contribution >= 0.6 is 0 Å². The Hall–Kier alpha value is -3.68. The molecule has 1 aromatic heterocycles. The van der Waals surface area contributed by atoms with Crippen LogP contribution in [0.5, 0.6) is 5.75 Å². The number of ether oxygens (including phenoxy) is 1. The lowest BCUT2D eigenvalue weighted by molar-refractivity contribution is -0.128. The molecule has 2 aromatic carbocycles. The van der Waals surface area contributed by atoms with Crippen LogP contribution in [0.1, 0.15) is 43.7 Å². The lowest BCUT2D eigenvalue weighted by Gasteiger charge is -2.21. The maximum atomic E-state index is 12.5. The third kappa shape index (κ3) is 4.65. The van der Waals surface area contributed by atoms with E-state index >= 15 is 0 Å². The number of hydrazine groups is 1. The minimum absolute atomic E-state index is 0.00282. The van der Waals surface area contributed by atoms with Crippen LogP contribution in [0, 0.1) is 0 Å². The molecule has 8 heteroatoms. The summed E-state index contributed by atoms with van der Waals surface area (Å²) in [7, 11) is 0. The molecule has 156 valence electrons. The Balaban J connectivity index is 1.65. The zero-order chi connectivity index (χ0) is 21.9. The van der Waals surface area contributed by atoms with Gasteiger partial charge in [-0.1, -0.05) is 51.1 Å². The number of hydrogen-bond acceptors (Lipinski definition) is 5. The molecule has 0 aliphatic heterocycles. The van der Waals surface area contributed by atoms with Crippen LogP contribution < -0.4 is 21.1 Å². The van der Waals surface area contributed by atoms with E-state index in [2.05, 4.69) is 41.8 Å². The minimum atomic E-state index is -0.846. The van der Waals surface area contributed by atoms with Crippen LogP contribution in [0.25, 0.3) is 10.8 Å². The summed E-state index contributed by atoms with van der Waals surface area (Å²) in [6.07, 6.45) is -0.846. The average molecular weight is 408 g/mol. The molecule has 8 nitrogen and oxygen atoms in total. The SMILES string of the molecule is CC(Oc1cccc(C(C)(C)C)c1)C(=O)NNC(=O)c1n[nH]c(=O)c2ccccc12. The minimum Gasteiger partial charge on any atom is -0.481 e. The van der Waals surface area contributed by atoms with Gasteiger partial charge in [0.2, 0.25) is 0 Å². The maximum Gasteiger partial charge on any atom is 0.290 e. The first-order valence-electron chi connectivity index (χ1n) is 9.51. The number of aromatic amines is 1. The molecule has 30 heavy (non-hydrogen) atoms. The first kappa shape index (κ1) is 21.0. The highest BCUT2D eigenvalue weighted by molar-refractivity contribution is 6.05. The van der Waals surface area contributed by atoms with Gasteiger partial charge in [0.15, 0.2) is 11.8 Å². The lowest BCUT2D eigenvalue weighted by atomic mass is 9.87. The number of aromatic nitrogens is 2. The Kier molecular flexibility index (Phi) is 5.86. The fraction of sp³-hybridized carbons (Fsp3) is 0.273. The Morgan fingerprint density at radius 2 is 1.73 bits per heavy atom. The smallest absolute Gasteiger partial charge is 0.290 e. The molecule has 0 aliphatic carbocycles. The van der Waals surface area contributed by atoms with Gasteiger partial charge in [-0.15, -0.1) is 0 Å². The van der Waals surface area contributed by atoms with Crippen LogP contribution in [0.3, 0.4) is 0 Å². The lowest BCUT2D eigenvalue weighted by Crippen LogP contribution is -2.47. The molecule has 1 unspecified atom stereocenters. The van der Waals surface area contributed by atoms with E-state index in [-0.39, 0.29) is 11.1 Å². The fourth-order valence-electron chi connectivity index (χ4n) is 2.86. The van der Waals surface area contributed by atoms with Crippen molar-refractivity contribution in [2.24, 2.45) is 0 Å². The third-order valence-electron chi connectivity index (χ3n) is 4.59. The van der Waals surface area contributed by atoms with Crippen molar-refractivity contribution in [3.63, 3.8) is 0 Å². The summed E-state index contributed by atoms with van der Waals surface area (Å²) in [6.45, 7) is 7.85. The first-order valence-corrected chi connectivity index (χ1v) is 9.51. The third-order valence-corrected chi connectivity index (χ3v) is 4.59. The van der Waals surface area contributed by atoms with Gasteiger partial charge < -0.3 is 4.74 Å². The number of hydrogen-bond donors (Lipinski definition) is 3. The quantitative estimate of drug-likeness (QED) is 0.574. The maximum absolute atomic E-state index is 12.5. The molecule has 1 atom stereocenters. The summed E-state index contributed by atoms with van der Waals surface area (Å²) in [6, 6.07) is 14.1. The number of carbonyl (C=O) groups excluding carboxylic acids is 2. The van der Waals surface area contributed by atoms with E-state index in [4.69, 9.17) is 4.74 Å². The normalized spacial score (nSPS) is 12.3. The molecule has 0 fully saturated rings. The molecule has 0 radical (unpaired) electrons. The summed E-state index contributed by atoms with van der Waals surface area (Å²) in [5.74, 6) is -0.624. The monoisotopic (exact) mass is 408 g/mol. The van der Waals surface area contributed by atoms with Gasteiger partial charge in [0.05, 0.1) is 5.39 Å². The zero-order valence-electron chi connectivity index (χ0n) is 17.3. The molecule has 2 amide bonds. The van der Waals surface area contributed by atoms with Crippen LogP contribution in [0.15, 0.2) is 53.3 Å². The summed E-state index contributed by atoms with van der Waals surface area (Å²) in [5, 5.41) is 6.80. The largest absolute Gasteiger partial charge is 0.481 e. The van der Waals surface area contributed by atoms with Crippen LogP contribution in [-0.4, -0.2) is 28.1 Å². The topological polar surface area (TPSA) is 113 Å². The Labute approximate surface area is 173 Å². The van der Waals surface area contributed by atoms with Crippen molar-refractivity contribution in [3.8, 4) is 5.75 Å². The zero-order valence-corrected chi connectivity index (χ0v) is 17.3. The van der Waals surface area contributed by atoms with E-state index in [1.807, 2.05) is 18.2 Å². The Morgan fingerprint density at radius 1 is 1.03 bits per heavy atom. The van der Waals surface area contributed by atoms with Crippen molar-refractivity contribution in [2.45, 2.75) is 39.2 Å². The van der Waals surface area contributed by atoms with Crippen LogP contribution in [-0.2, 0) is 10.2 Å². The van der Waals surface area contributed by atoms with Gasteiger partial charge in [0.1, 0.15) is 5.75 Å². The molecule has 3 rings (SSSR count). The van der Waals surface area contributed by atoms with E-state index in [0.717, 1.165) is 5.56 Å². The highest BCUT2D eigenvalue weighted by Crippen LogP contribution is 2.26. The summed E-state index contributed by atoms with van der Waals surface area (Å²) < 4.78 is 5.71.